The highest BCUT2D eigenvalue weighted by Gasteiger charge is 2.40. The number of amides is 1. The second-order valence-corrected chi connectivity index (χ2v) is 9.70. The highest BCUT2D eigenvalue weighted by molar-refractivity contribution is 7.80. The first-order valence-electron chi connectivity index (χ1n) is 12.1. The quantitative estimate of drug-likeness (QED) is 0.456. The van der Waals surface area contributed by atoms with E-state index in [1.807, 2.05) is 55.6 Å². The van der Waals surface area contributed by atoms with E-state index in [2.05, 4.69) is 43.5 Å². The van der Waals surface area contributed by atoms with E-state index in [4.69, 9.17) is 12.2 Å². The third-order valence-electron chi connectivity index (χ3n) is 6.94. The molecule has 2 aliphatic rings. The molecule has 0 unspecified atom stereocenters. The van der Waals surface area contributed by atoms with Crippen molar-refractivity contribution in [3.05, 3.63) is 83.9 Å². The molecule has 1 aliphatic heterocycles. The van der Waals surface area contributed by atoms with E-state index in [0.29, 0.717) is 24.1 Å². The topological polar surface area (TPSA) is 62.2 Å². The van der Waals surface area contributed by atoms with Gasteiger partial charge in [0.2, 0.25) is 5.91 Å². The third kappa shape index (κ3) is 4.85. The first-order chi connectivity index (χ1) is 16.6. The van der Waals surface area contributed by atoms with Crippen molar-refractivity contribution in [2.45, 2.75) is 57.2 Å². The fourth-order valence-corrected chi connectivity index (χ4v) is 5.46. The number of benzene rings is 1. The summed E-state index contributed by atoms with van der Waals surface area (Å²) in [5.74, 6) is -0.0183. The van der Waals surface area contributed by atoms with Crippen molar-refractivity contribution in [2.75, 3.05) is 11.9 Å². The van der Waals surface area contributed by atoms with Gasteiger partial charge in [0.25, 0.3) is 0 Å². The Morgan fingerprint density at radius 3 is 2.68 bits per heavy atom. The zero-order valence-corrected chi connectivity index (χ0v) is 20.3. The molecule has 3 heterocycles. The average Bonchev–Trinajstić information content (AvgIpc) is 3.60. The maximum absolute atomic E-state index is 12.7. The molecule has 34 heavy (non-hydrogen) atoms. The Morgan fingerprint density at radius 1 is 1.15 bits per heavy atom. The summed E-state index contributed by atoms with van der Waals surface area (Å²) >= 11 is 5.75. The minimum Gasteiger partial charge on any atom is -0.352 e. The zero-order valence-electron chi connectivity index (χ0n) is 19.5. The lowest BCUT2D eigenvalue weighted by atomic mass is 9.99. The van der Waals surface area contributed by atoms with E-state index < -0.39 is 0 Å². The fourth-order valence-electron chi connectivity index (χ4n) is 5.13. The highest BCUT2D eigenvalue weighted by atomic mass is 32.1. The van der Waals surface area contributed by atoms with Crippen LogP contribution in [0, 0.1) is 6.92 Å². The predicted molar refractivity (Wildman–Crippen MR) is 139 cm³/mol. The van der Waals surface area contributed by atoms with Crippen LogP contribution in [0.1, 0.15) is 67.1 Å². The van der Waals surface area contributed by atoms with Crippen molar-refractivity contribution in [3.63, 3.8) is 0 Å². The molecule has 1 saturated carbocycles. The van der Waals surface area contributed by atoms with Gasteiger partial charge in [0.1, 0.15) is 0 Å². The zero-order chi connectivity index (χ0) is 23.5. The minimum atomic E-state index is -0.0618. The Hall–Kier alpha value is -3.19. The van der Waals surface area contributed by atoms with E-state index in [9.17, 15) is 4.79 Å². The van der Waals surface area contributed by atoms with Gasteiger partial charge in [-0.3, -0.25) is 9.78 Å². The van der Waals surface area contributed by atoms with Crippen LogP contribution < -0.4 is 10.6 Å². The molecule has 2 atom stereocenters. The molecule has 3 aromatic rings. The molecule has 2 N–H and O–H groups in total. The summed E-state index contributed by atoms with van der Waals surface area (Å²) in [4.78, 5) is 19.5. The molecule has 1 saturated heterocycles. The molecule has 2 fully saturated rings. The second-order valence-electron chi connectivity index (χ2n) is 9.31. The Morgan fingerprint density at radius 2 is 1.94 bits per heavy atom. The molecule has 176 valence electrons. The number of hydrogen-bond acceptors (Lipinski definition) is 3. The summed E-state index contributed by atoms with van der Waals surface area (Å²) < 4.78 is 2.36. The van der Waals surface area contributed by atoms with Crippen LogP contribution in [0.3, 0.4) is 0 Å². The van der Waals surface area contributed by atoms with Crippen molar-refractivity contribution >= 4 is 28.9 Å². The van der Waals surface area contributed by atoms with Crippen LogP contribution in [0.5, 0.6) is 0 Å². The smallest absolute Gasteiger partial charge is 0.226 e. The molecule has 0 radical (unpaired) electrons. The van der Waals surface area contributed by atoms with Crippen LogP contribution in [0.4, 0.5) is 5.69 Å². The number of aromatic nitrogens is 2. The highest BCUT2D eigenvalue weighted by Crippen LogP contribution is 2.40. The lowest BCUT2D eigenvalue weighted by Crippen LogP contribution is -2.32. The molecule has 1 aliphatic carbocycles. The molecule has 5 rings (SSSR count). The number of nitrogens with zero attached hydrogens (tertiary/aromatic N) is 3. The molecule has 0 spiro atoms. The number of aryl methyl sites for hydroxylation is 1. The minimum absolute atomic E-state index is 0.0165. The van der Waals surface area contributed by atoms with Gasteiger partial charge in [-0.15, -0.1) is 0 Å². The molecule has 1 amide bonds. The molecule has 0 bridgehead atoms. The summed E-state index contributed by atoms with van der Waals surface area (Å²) in [7, 11) is 0. The number of thiocarbonyl (C=S) groups is 1. The Labute approximate surface area is 206 Å². The summed E-state index contributed by atoms with van der Waals surface area (Å²) in [6.45, 7) is 2.57. The van der Waals surface area contributed by atoms with E-state index in [0.717, 1.165) is 11.4 Å². The summed E-state index contributed by atoms with van der Waals surface area (Å²) in [6, 6.07) is 16.5. The molecule has 1 aromatic carbocycles. The average molecular weight is 474 g/mol. The molecule has 6 nitrogen and oxygen atoms in total. The largest absolute Gasteiger partial charge is 0.352 e. The van der Waals surface area contributed by atoms with Gasteiger partial charge in [0.15, 0.2) is 5.11 Å². The number of carbonyl (C=O) groups is 1. The van der Waals surface area contributed by atoms with Crippen molar-refractivity contribution in [2.24, 2.45) is 0 Å². The standard InChI is InChI=1S/C27H31N5OS/c1-19-9-11-21(12-10-19)29-24(33)14-17-32-26(20-13-16-31(18-20)22-6-2-3-7-22)25(30-27(32)34)23-8-4-5-15-28-23/h4-5,8-13,15-16,18,22,25-26H,2-3,6-7,14,17H2,1H3,(H,29,33)(H,30,34)/t25-,26+/m1/s1. The van der Waals surface area contributed by atoms with Gasteiger partial charge in [-0.2, -0.15) is 0 Å². The van der Waals surface area contributed by atoms with E-state index >= 15 is 0 Å². The van der Waals surface area contributed by atoms with Gasteiger partial charge >= 0.3 is 0 Å². The Bertz CT molecular complexity index is 1140. The lowest BCUT2D eigenvalue weighted by Gasteiger charge is -2.27. The number of pyridine rings is 1. The maximum atomic E-state index is 12.7. The number of rotatable bonds is 7. The van der Waals surface area contributed by atoms with Crippen molar-refractivity contribution in [1.82, 2.24) is 19.8 Å². The van der Waals surface area contributed by atoms with Crippen molar-refractivity contribution < 1.29 is 4.79 Å². The summed E-state index contributed by atoms with van der Waals surface area (Å²) in [6.07, 6.45) is 11.7. The number of anilines is 1. The van der Waals surface area contributed by atoms with Gasteiger partial charge in [-0.05, 0) is 67.9 Å². The first kappa shape index (κ1) is 22.6. The maximum Gasteiger partial charge on any atom is 0.226 e. The van der Waals surface area contributed by atoms with Crippen LogP contribution in [0.2, 0.25) is 0 Å². The van der Waals surface area contributed by atoms with E-state index in [-0.39, 0.29) is 18.0 Å². The van der Waals surface area contributed by atoms with Crippen LogP contribution in [-0.4, -0.2) is 32.0 Å². The van der Waals surface area contributed by atoms with Gasteiger partial charge in [0.05, 0.1) is 17.8 Å². The van der Waals surface area contributed by atoms with Crippen LogP contribution in [0.15, 0.2) is 67.1 Å². The number of carbonyl (C=O) groups excluding carboxylic acids is 1. The summed E-state index contributed by atoms with van der Waals surface area (Å²) in [5, 5.41) is 7.15. The number of nitrogens with one attached hydrogen (secondary N) is 2. The lowest BCUT2D eigenvalue weighted by molar-refractivity contribution is -0.116. The molecule has 7 heteroatoms. The van der Waals surface area contributed by atoms with Crippen molar-refractivity contribution in [1.29, 1.82) is 0 Å². The van der Waals surface area contributed by atoms with Gasteiger partial charge in [-0.25, -0.2) is 0 Å². The Balaban J connectivity index is 1.35. The normalized spacial score (nSPS) is 20.5. The van der Waals surface area contributed by atoms with E-state index in [1.165, 1.54) is 36.8 Å². The predicted octanol–water partition coefficient (Wildman–Crippen LogP) is 5.31. The fraction of sp³-hybridized carbons (Fsp3) is 0.370. The second kappa shape index (κ2) is 9.97. The van der Waals surface area contributed by atoms with Crippen molar-refractivity contribution in [3.8, 4) is 0 Å². The monoisotopic (exact) mass is 473 g/mol. The van der Waals surface area contributed by atoms with Gasteiger partial charge in [-0.1, -0.05) is 36.6 Å². The number of hydrogen-bond donors (Lipinski definition) is 2. The van der Waals surface area contributed by atoms with Crippen LogP contribution >= 0.6 is 12.2 Å². The SMILES string of the molecule is Cc1ccc(NC(=O)CCN2C(=S)N[C@H](c3ccccn3)[C@@H]2c2ccn(C3CCCC3)c2)cc1. The molecular weight excluding hydrogens is 442 g/mol. The molecular formula is C27H31N5OS. The van der Waals surface area contributed by atoms with Crippen LogP contribution in [0.25, 0.3) is 0 Å². The summed E-state index contributed by atoms with van der Waals surface area (Å²) in [5.41, 5.74) is 4.14. The van der Waals surface area contributed by atoms with E-state index in [1.54, 1.807) is 0 Å². The van der Waals surface area contributed by atoms with Gasteiger partial charge in [0, 0.05) is 43.3 Å². The van der Waals surface area contributed by atoms with Gasteiger partial charge < -0.3 is 20.1 Å². The molecule has 2 aromatic heterocycles. The van der Waals surface area contributed by atoms with Crippen LogP contribution in [-0.2, 0) is 4.79 Å². The third-order valence-corrected chi connectivity index (χ3v) is 7.29. The Kier molecular flexibility index (Phi) is 6.63. The first-order valence-corrected chi connectivity index (χ1v) is 12.5.